The van der Waals surface area contributed by atoms with Gasteiger partial charge in [-0.2, -0.15) is 0 Å². The fraction of sp³-hybridized carbons (Fsp3) is 0.462. The maximum atomic E-state index is 12.8. The van der Waals surface area contributed by atoms with Crippen LogP contribution in [-0.2, 0) is 4.79 Å². The molecule has 0 spiro atoms. The summed E-state index contributed by atoms with van der Waals surface area (Å²) in [5.41, 5.74) is 6.23. The van der Waals surface area contributed by atoms with Crippen LogP contribution in [0.5, 0.6) is 0 Å². The Kier molecular flexibility index (Phi) is 4.05. The highest BCUT2D eigenvalue weighted by Crippen LogP contribution is 2.39. The third-order valence-corrected chi connectivity index (χ3v) is 4.69. The van der Waals surface area contributed by atoms with Gasteiger partial charge in [0.05, 0.1) is 0 Å². The van der Waals surface area contributed by atoms with Gasteiger partial charge in [-0.15, -0.1) is 11.8 Å². The van der Waals surface area contributed by atoms with Crippen LogP contribution in [0.2, 0.25) is 0 Å². The van der Waals surface area contributed by atoms with E-state index in [2.05, 4.69) is 0 Å². The van der Waals surface area contributed by atoms with Crippen molar-refractivity contribution in [2.45, 2.75) is 36.2 Å². The monoisotopic (exact) mass is 253 g/mol. The number of hydrogen-bond acceptors (Lipinski definition) is 2. The molecule has 2 N–H and O–H groups in total. The van der Waals surface area contributed by atoms with Crippen molar-refractivity contribution >= 4 is 17.7 Å². The van der Waals surface area contributed by atoms with Crippen molar-refractivity contribution in [2.75, 3.05) is 0 Å². The molecule has 0 aromatic heterocycles. The zero-order valence-corrected chi connectivity index (χ0v) is 10.4. The van der Waals surface area contributed by atoms with Crippen LogP contribution in [0.15, 0.2) is 24.3 Å². The summed E-state index contributed by atoms with van der Waals surface area (Å²) in [7, 11) is 0. The van der Waals surface area contributed by atoms with Crippen LogP contribution >= 0.6 is 11.8 Å². The van der Waals surface area contributed by atoms with Crippen molar-refractivity contribution in [1.82, 2.24) is 0 Å². The summed E-state index contributed by atoms with van der Waals surface area (Å²) in [6.07, 6.45) is 4.75. The predicted octanol–water partition coefficient (Wildman–Crippen LogP) is 3.03. The first-order valence-electron chi connectivity index (χ1n) is 5.87. The second kappa shape index (κ2) is 5.54. The smallest absolute Gasteiger partial charge is 0.235 e. The number of primary amides is 1. The Morgan fingerprint density at radius 3 is 2.41 bits per heavy atom. The summed E-state index contributed by atoms with van der Waals surface area (Å²) in [6, 6.07) is 6.04. The Hall–Kier alpha value is -1.03. The van der Waals surface area contributed by atoms with Gasteiger partial charge in [0.2, 0.25) is 5.91 Å². The third kappa shape index (κ3) is 3.22. The fourth-order valence-corrected chi connectivity index (χ4v) is 3.60. The van der Waals surface area contributed by atoms with E-state index in [0.29, 0.717) is 5.25 Å². The van der Waals surface area contributed by atoms with E-state index < -0.39 is 0 Å². The summed E-state index contributed by atoms with van der Waals surface area (Å²) in [4.78, 5) is 11.5. The molecule has 1 saturated carbocycles. The van der Waals surface area contributed by atoms with Gasteiger partial charge in [-0.25, -0.2) is 4.39 Å². The molecule has 4 heteroatoms. The molecule has 1 fully saturated rings. The average Bonchev–Trinajstić information content (AvgIpc) is 2.80. The topological polar surface area (TPSA) is 43.1 Å². The standard InChI is InChI=1S/C13H16FNOS/c14-10-7-5-9(6-8-10)12(13(15)16)17-11-3-1-2-4-11/h5-8,11-12H,1-4H2,(H2,15,16)/t12-/m1/s1. The normalized spacial score (nSPS) is 18.2. The highest BCUT2D eigenvalue weighted by atomic mass is 32.2. The first-order chi connectivity index (χ1) is 8.16. The largest absolute Gasteiger partial charge is 0.368 e. The SMILES string of the molecule is NC(=O)[C@H](SC1CCCC1)c1ccc(F)cc1. The quantitative estimate of drug-likeness (QED) is 0.896. The summed E-state index contributed by atoms with van der Waals surface area (Å²) >= 11 is 1.62. The number of benzene rings is 1. The number of rotatable bonds is 4. The first kappa shape index (κ1) is 12.4. The maximum absolute atomic E-state index is 12.8. The van der Waals surface area contributed by atoms with Crippen molar-refractivity contribution in [3.63, 3.8) is 0 Å². The molecule has 1 atom stereocenters. The lowest BCUT2D eigenvalue weighted by molar-refractivity contribution is -0.117. The number of carbonyl (C=O) groups excluding carboxylic acids is 1. The van der Waals surface area contributed by atoms with Gasteiger partial charge in [-0.1, -0.05) is 25.0 Å². The van der Waals surface area contributed by atoms with Crippen molar-refractivity contribution < 1.29 is 9.18 Å². The molecule has 1 aromatic carbocycles. The van der Waals surface area contributed by atoms with Crippen LogP contribution in [0.1, 0.15) is 36.5 Å². The Balaban J connectivity index is 2.10. The van der Waals surface area contributed by atoms with E-state index in [4.69, 9.17) is 5.73 Å². The number of amides is 1. The summed E-state index contributed by atoms with van der Waals surface area (Å²) in [6.45, 7) is 0. The number of carbonyl (C=O) groups is 1. The molecule has 0 heterocycles. The van der Waals surface area contributed by atoms with Crippen molar-refractivity contribution in [3.8, 4) is 0 Å². The molecule has 0 radical (unpaired) electrons. The van der Waals surface area contributed by atoms with Crippen LogP contribution < -0.4 is 5.73 Å². The molecular formula is C13H16FNOS. The summed E-state index contributed by atoms with van der Waals surface area (Å²) in [5, 5.41) is 0.163. The zero-order chi connectivity index (χ0) is 12.3. The van der Waals surface area contributed by atoms with Crippen LogP contribution in [0, 0.1) is 5.82 Å². The minimum Gasteiger partial charge on any atom is -0.368 e. The van der Waals surface area contributed by atoms with E-state index in [1.165, 1.54) is 25.0 Å². The molecule has 0 bridgehead atoms. The Morgan fingerprint density at radius 1 is 1.29 bits per heavy atom. The van der Waals surface area contributed by atoms with Crippen LogP contribution in [0.3, 0.4) is 0 Å². The average molecular weight is 253 g/mol. The van der Waals surface area contributed by atoms with E-state index in [9.17, 15) is 9.18 Å². The van der Waals surface area contributed by atoms with E-state index in [1.807, 2.05) is 0 Å². The van der Waals surface area contributed by atoms with E-state index in [-0.39, 0.29) is 17.0 Å². The van der Waals surface area contributed by atoms with Gasteiger partial charge < -0.3 is 5.73 Å². The van der Waals surface area contributed by atoms with E-state index in [1.54, 1.807) is 23.9 Å². The summed E-state index contributed by atoms with van der Waals surface area (Å²) < 4.78 is 12.8. The van der Waals surface area contributed by atoms with Gasteiger partial charge >= 0.3 is 0 Å². The molecule has 1 amide bonds. The number of hydrogen-bond donors (Lipinski definition) is 1. The second-order valence-corrected chi connectivity index (χ2v) is 5.79. The van der Waals surface area contributed by atoms with Gasteiger partial charge in [-0.3, -0.25) is 4.79 Å². The maximum Gasteiger partial charge on any atom is 0.235 e. The van der Waals surface area contributed by atoms with Crippen molar-refractivity contribution in [2.24, 2.45) is 5.73 Å². The highest BCUT2D eigenvalue weighted by molar-refractivity contribution is 8.00. The third-order valence-electron chi connectivity index (χ3n) is 3.06. The minimum absolute atomic E-state index is 0.289. The summed E-state index contributed by atoms with van der Waals surface area (Å²) in [5.74, 6) is -0.628. The number of nitrogens with two attached hydrogens (primary N) is 1. The molecule has 0 aliphatic heterocycles. The Morgan fingerprint density at radius 2 is 1.88 bits per heavy atom. The lowest BCUT2D eigenvalue weighted by Gasteiger charge is -2.17. The molecule has 17 heavy (non-hydrogen) atoms. The van der Waals surface area contributed by atoms with E-state index >= 15 is 0 Å². The van der Waals surface area contributed by atoms with Gasteiger partial charge in [0.1, 0.15) is 11.1 Å². The predicted molar refractivity (Wildman–Crippen MR) is 68.2 cm³/mol. The fourth-order valence-electron chi connectivity index (χ4n) is 2.16. The molecule has 0 saturated heterocycles. The highest BCUT2D eigenvalue weighted by Gasteiger charge is 2.25. The van der Waals surface area contributed by atoms with Crippen molar-refractivity contribution in [1.29, 1.82) is 0 Å². The molecule has 0 unspecified atom stereocenters. The Labute approximate surface area is 105 Å². The lowest BCUT2D eigenvalue weighted by atomic mass is 10.1. The van der Waals surface area contributed by atoms with E-state index in [0.717, 1.165) is 18.4 Å². The molecule has 1 aliphatic rings. The van der Waals surface area contributed by atoms with Gasteiger partial charge in [0.15, 0.2) is 0 Å². The molecular weight excluding hydrogens is 237 g/mol. The Bertz CT molecular complexity index is 387. The first-order valence-corrected chi connectivity index (χ1v) is 6.81. The van der Waals surface area contributed by atoms with Crippen LogP contribution in [-0.4, -0.2) is 11.2 Å². The van der Waals surface area contributed by atoms with Crippen molar-refractivity contribution in [3.05, 3.63) is 35.6 Å². The van der Waals surface area contributed by atoms with Crippen LogP contribution in [0.4, 0.5) is 4.39 Å². The number of thioether (sulfide) groups is 1. The lowest BCUT2D eigenvalue weighted by Crippen LogP contribution is -2.20. The number of halogens is 1. The second-order valence-electron chi connectivity index (χ2n) is 4.38. The van der Waals surface area contributed by atoms with Gasteiger partial charge in [0, 0.05) is 5.25 Å². The van der Waals surface area contributed by atoms with Gasteiger partial charge in [-0.05, 0) is 30.5 Å². The molecule has 1 aliphatic carbocycles. The van der Waals surface area contributed by atoms with Gasteiger partial charge in [0.25, 0.3) is 0 Å². The minimum atomic E-state index is -0.348. The molecule has 2 rings (SSSR count). The molecule has 1 aromatic rings. The zero-order valence-electron chi connectivity index (χ0n) is 9.56. The molecule has 2 nitrogen and oxygen atoms in total. The molecule has 92 valence electrons. The van der Waals surface area contributed by atoms with Crippen LogP contribution in [0.25, 0.3) is 0 Å².